The zero-order valence-corrected chi connectivity index (χ0v) is 29.8. The van der Waals surface area contributed by atoms with Gasteiger partial charge in [0.25, 0.3) is 0 Å². The minimum absolute atomic E-state index is 0.0994. The topological polar surface area (TPSA) is 148 Å². The van der Waals surface area contributed by atoms with Gasteiger partial charge in [-0.1, -0.05) is 25.7 Å². The second-order valence-electron chi connectivity index (χ2n) is 16.0. The number of carbonyl (C=O) groups is 2. The standard InChI is InChI=1S/C32H62O12/c1-26(2,3)37-41-30(13,42-38-27(4,5)6)22-32(25(35)36,21-19-17-15-16-18-20-24(33)34)23-31(14,43-39-28(7,8)9)44-40-29(10,11)12/h15-23H2,1-14H3,(H,33,34)(H,35,36). The zero-order chi connectivity index (χ0) is 34.7. The van der Waals surface area contributed by atoms with Crippen molar-refractivity contribution in [3.63, 3.8) is 0 Å². The molecule has 12 heteroatoms. The molecule has 0 atom stereocenters. The number of hydrogen-bond acceptors (Lipinski definition) is 10. The highest BCUT2D eigenvalue weighted by molar-refractivity contribution is 5.75. The first kappa shape index (κ1) is 42.6. The van der Waals surface area contributed by atoms with Crippen LogP contribution in [0.15, 0.2) is 0 Å². The van der Waals surface area contributed by atoms with Crippen molar-refractivity contribution in [3.8, 4) is 0 Å². The Morgan fingerprint density at radius 2 is 0.750 bits per heavy atom. The summed E-state index contributed by atoms with van der Waals surface area (Å²) in [6, 6.07) is 0. The first-order chi connectivity index (χ1) is 19.6. The SMILES string of the molecule is CC(C)(C)OOC(C)(CC(CCCCCCCC(=O)O)(CC(C)(OOC(C)(C)C)OOC(C)(C)C)C(=O)O)OOC(C)(C)C. The quantitative estimate of drug-likeness (QED) is 0.0542. The van der Waals surface area contributed by atoms with Crippen molar-refractivity contribution in [1.29, 1.82) is 0 Å². The molecule has 0 spiro atoms. The normalized spacial score (nSPS) is 14.2. The van der Waals surface area contributed by atoms with Gasteiger partial charge in [-0.15, -0.1) is 0 Å². The van der Waals surface area contributed by atoms with E-state index in [-0.39, 0.29) is 25.7 Å². The van der Waals surface area contributed by atoms with E-state index in [0.29, 0.717) is 19.3 Å². The van der Waals surface area contributed by atoms with Crippen LogP contribution in [-0.2, 0) is 48.7 Å². The molecule has 0 aromatic carbocycles. The summed E-state index contributed by atoms with van der Waals surface area (Å²) >= 11 is 0. The summed E-state index contributed by atoms with van der Waals surface area (Å²) in [4.78, 5) is 70.0. The Bertz CT molecular complexity index is 774. The Labute approximate surface area is 265 Å². The molecular weight excluding hydrogens is 576 g/mol. The number of aliphatic carboxylic acids is 2. The van der Waals surface area contributed by atoms with E-state index in [1.54, 1.807) is 96.9 Å². The lowest BCUT2D eigenvalue weighted by Gasteiger charge is -2.42. The number of unbranched alkanes of at least 4 members (excludes halogenated alkanes) is 4. The Kier molecular flexibility index (Phi) is 16.4. The van der Waals surface area contributed by atoms with E-state index in [4.69, 9.17) is 44.2 Å². The van der Waals surface area contributed by atoms with Crippen LogP contribution in [0, 0.1) is 5.41 Å². The maximum Gasteiger partial charge on any atom is 0.310 e. The predicted molar refractivity (Wildman–Crippen MR) is 164 cm³/mol. The summed E-state index contributed by atoms with van der Waals surface area (Å²) in [5, 5.41) is 19.8. The molecule has 0 fully saturated rings. The molecule has 0 aromatic heterocycles. The van der Waals surface area contributed by atoms with E-state index >= 15 is 0 Å². The van der Waals surface area contributed by atoms with Crippen LogP contribution in [0.1, 0.15) is 155 Å². The van der Waals surface area contributed by atoms with Gasteiger partial charge in [0.15, 0.2) is 0 Å². The van der Waals surface area contributed by atoms with Crippen molar-refractivity contribution >= 4 is 11.9 Å². The molecule has 44 heavy (non-hydrogen) atoms. The lowest BCUT2D eigenvalue weighted by atomic mass is 9.72. The van der Waals surface area contributed by atoms with Crippen LogP contribution in [-0.4, -0.2) is 56.1 Å². The molecule has 2 N–H and O–H groups in total. The maximum atomic E-state index is 13.4. The third-order valence-corrected chi connectivity index (χ3v) is 5.69. The summed E-state index contributed by atoms with van der Waals surface area (Å²) in [5.41, 5.74) is -4.55. The largest absolute Gasteiger partial charge is 0.481 e. The minimum Gasteiger partial charge on any atom is -0.481 e. The van der Waals surface area contributed by atoms with Gasteiger partial charge in [0.1, 0.15) is 0 Å². The van der Waals surface area contributed by atoms with Crippen LogP contribution in [0.2, 0.25) is 0 Å². The molecule has 0 aliphatic carbocycles. The smallest absolute Gasteiger partial charge is 0.310 e. The molecule has 0 bridgehead atoms. The average molecular weight is 639 g/mol. The van der Waals surface area contributed by atoms with E-state index in [1.165, 1.54) is 0 Å². The first-order valence-electron chi connectivity index (χ1n) is 15.5. The van der Waals surface area contributed by atoms with Gasteiger partial charge >= 0.3 is 11.9 Å². The fraction of sp³-hybridized carbons (Fsp3) is 0.938. The van der Waals surface area contributed by atoms with Gasteiger partial charge in [0.2, 0.25) is 11.6 Å². The Balaban J connectivity index is 6.60. The van der Waals surface area contributed by atoms with Crippen molar-refractivity contribution in [2.24, 2.45) is 5.41 Å². The van der Waals surface area contributed by atoms with Gasteiger partial charge in [0, 0.05) is 19.3 Å². The lowest BCUT2D eigenvalue weighted by Crippen LogP contribution is -2.50. The lowest BCUT2D eigenvalue weighted by molar-refractivity contribution is -0.548. The zero-order valence-electron chi connectivity index (χ0n) is 29.8. The van der Waals surface area contributed by atoms with Gasteiger partial charge in [-0.3, -0.25) is 9.59 Å². The van der Waals surface area contributed by atoms with E-state index < -0.39 is 51.3 Å². The highest BCUT2D eigenvalue weighted by Gasteiger charge is 2.53. The van der Waals surface area contributed by atoms with Crippen LogP contribution in [0.3, 0.4) is 0 Å². The van der Waals surface area contributed by atoms with Crippen LogP contribution in [0.5, 0.6) is 0 Å². The molecule has 262 valence electrons. The molecule has 0 unspecified atom stereocenters. The minimum atomic E-state index is -1.68. The Morgan fingerprint density at radius 3 is 1.02 bits per heavy atom. The summed E-state index contributed by atoms with van der Waals surface area (Å²) in [6.07, 6.45) is 3.02. The van der Waals surface area contributed by atoms with Crippen molar-refractivity contribution in [2.75, 3.05) is 0 Å². The van der Waals surface area contributed by atoms with Gasteiger partial charge in [-0.2, -0.15) is 19.6 Å². The monoisotopic (exact) mass is 638 g/mol. The average Bonchev–Trinajstić information content (AvgIpc) is 2.81. The van der Waals surface area contributed by atoms with Gasteiger partial charge in [-0.05, 0) is 110 Å². The third-order valence-electron chi connectivity index (χ3n) is 5.69. The van der Waals surface area contributed by atoms with Crippen LogP contribution in [0.4, 0.5) is 0 Å². The molecule has 0 radical (unpaired) electrons. The van der Waals surface area contributed by atoms with E-state index in [0.717, 1.165) is 12.8 Å². The second-order valence-corrected chi connectivity index (χ2v) is 16.0. The van der Waals surface area contributed by atoms with E-state index in [9.17, 15) is 14.7 Å². The van der Waals surface area contributed by atoms with Gasteiger partial charge < -0.3 is 10.2 Å². The highest BCUT2D eigenvalue weighted by Crippen LogP contribution is 2.46. The summed E-state index contributed by atoms with van der Waals surface area (Å²) in [5.74, 6) is -5.34. The predicted octanol–water partition coefficient (Wildman–Crippen LogP) is 8.07. The van der Waals surface area contributed by atoms with Gasteiger partial charge in [-0.25, -0.2) is 19.6 Å². The molecule has 12 nitrogen and oxygen atoms in total. The number of carboxylic acids is 2. The Morgan fingerprint density at radius 1 is 0.455 bits per heavy atom. The van der Waals surface area contributed by atoms with Crippen LogP contribution >= 0.6 is 0 Å². The number of hydrogen-bond donors (Lipinski definition) is 2. The summed E-state index contributed by atoms with van der Waals surface area (Å²) in [6.45, 7) is 24.6. The molecule has 0 aliphatic heterocycles. The van der Waals surface area contributed by atoms with E-state index in [1.807, 2.05) is 0 Å². The molecule has 0 rings (SSSR count). The van der Waals surface area contributed by atoms with Crippen LogP contribution < -0.4 is 0 Å². The first-order valence-corrected chi connectivity index (χ1v) is 15.5. The van der Waals surface area contributed by atoms with Crippen molar-refractivity contribution in [1.82, 2.24) is 0 Å². The van der Waals surface area contributed by atoms with E-state index in [2.05, 4.69) is 0 Å². The molecule has 0 aromatic rings. The molecule has 0 saturated heterocycles. The van der Waals surface area contributed by atoms with Gasteiger partial charge in [0.05, 0.1) is 27.8 Å². The Hall–Kier alpha value is -1.38. The molecule has 0 aliphatic rings. The molecular formula is C32H62O12. The number of carboxylic acid groups (broad SMARTS) is 2. The molecule has 0 saturated carbocycles. The van der Waals surface area contributed by atoms with Crippen LogP contribution in [0.25, 0.3) is 0 Å². The molecule has 0 heterocycles. The van der Waals surface area contributed by atoms with Crippen molar-refractivity contribution < 1.29 is 58.9 Å². The van der Waals surface area contributed by atoms with Crippen molar-refractivity contribution in [3.05, 3.63) is 0 Å². The van der Waals surface area contributed by atoms with Crippen molar-refractivity contribution in [2.45, 2.75) is 189 Å². The fourth-order valence-electron chi connectivity index (χ4n) is 3.99. The summed E-state index contributed by atoms with van der Waals surface area (Å²) in [7, 11) is 0. The second kappa shape index (κ2) is 17.0. The number of rotatable bonds is 21. The third kappa shape index (κ3) is 20.6. The highest BCUT2D eigenvalue weighted by atomic mass is 17.3. The fourth-order valence-corrected chi connectivity index (χ4v) is 3.99. The summed E-state index contributed by atoms with van der Waals surface area (Å²) < 4.78 is 0. The molecule has 0 amide bonds. The maximum absolute atomic E-state index is 13.4.